The lowest BCUT2D eigenvalue weighted by Gasteiger charge is -2.36. The van der Waals surface area contributed by atoms with Crippen molar-refractivity contribution in [2.45, 2.75) is 45.4 Å². The summed E-state index contributed by atoms with van der Waals surface area (Å²) < 4.78 is 0. The second kappa shape index (κ2) is 8.52. The first-order valence-corrected chi connectivity index (χ1v) is 11.9. The van der Waals surface area contributed by atoms with Crippen LogP contribution in [0.3, 0.4) is 0 Å². The number of amides is 1. The summed E-state index contributed by atoms with van der Waals surface area (Å²) in [4.78, 5) is 14.6. The van der Waals surface area contributed by atoms with Gasteiger partial charge in [-0.1, -0.05) is 59.3 Å². The third kappa shape index (κ3) is 4.08. The number of anilines is 1. The quantitative estimate of drug-likeness (QED) is 0.664. The average molecular weight is 449 g/mol. The standard InChI is InChI=1S/C24H28N6OS/c1-15-4-7-18(8-5-15)20-13-21-23-26-27-24(29(23)10-11-30(21)28-20)32-14-22(31)25-19-9-6-16(2)12-17(19)3/h4-12,20-21,23,26,28H,13-14H2,1-3H3,(H,25,31). The fourth-order valence-electron chi connectivity index (χ4n) is 4.44. The monoisotopic (exact) mass is 448 g/mol. The molecule has 3 N–H and O–H groups in total. The Morgan fingerprint density at radius 1 is 1.12 bits per heavy atom. The molecular formula is C24H28N6OS. The number of hydrogen-bond donors (Lipinski definition) is 3. The van der Waals surface area contributed by atoms with E-state index in [4.69, 9.17) is 0 Å². The summed E-state index contributed by atoms with van der Waals surface area (Å²) in [5.74, 6) is 0.279. The van der Waals surface area contributed by atoms with E-state index in [-0.39, 0.29) is 24.2 Å². The largest absolute Gasteiger partial charge is 0.325 e. The van der Waals surface area contributed by atoms with Gasteiger partial charge in [0, 0.05) is 18.1 Å². The highest BCUT2D eigenvalue weighted by Crippen LogP contribution is 2.35. The lowest BCUT2D eigenvalue weighted by molar-refractivity contribution is -0.113. The number of hydrazone groups is 1. The Morgan fingerprint density at radius 2 is 1.91 bits per heavy atom. The zero-order chi connectivity index (χ0) is 22.2. The van der Waals surface area contributed by atoms with E-state index in [0.29, 0.717) is 5.75 Å². The summed E-state index contributed by atoms with van der Waals surface area (Å²) in [6.07, 6.45) is 5.11. The predicted molar refractivity (Wildman–Crippen MR) is 130 cm³/mol. The minimum Gasteiger partial charge on any atom is -0.325 e. The van der Waals surface area contributed by atoms with E-state index in [2.05, 4.69) is 74.6 Å². The zero-order valence-corrected chi connectivity index (χ0v) is 19.3. The summed E-state index contributed by atoms with van der Waals surface area (Å²) in [6, 6.07) is 15.3. The molecule has 3 aliphatic heterocycles. The highest BCUT2D eigenvalue weighted by molar-refractivity contribution is 8.14. The maximum Gasteiger partial charge on any atom is 0.234 e. The number of hydrazine groups is 1. The first-order chi connectivity index (χ1) is 15.5. The van der Waals surface area contributed by atoms with Crippen molar-refractivity contribution >= 4 is 28.5 Å². The third-order valence-electron chi connectivity index (χ3n) is 6.17. The Labute approximate surface area is 192 Å². The number of rotatable bonds is 4. The molecule has 1 saturated heterocycles. The Morgan fingerprint density at radius 3 is 2.69 bits per heavy atom. The van der Waals surface area contributed by atoms with Gasteiger partial charge >= 0.3 is 0 Å². The van der Waals surface area contributed by atoms with Crippen LogP contribution in [-0.2, 0) is 4.79 Å². The van der Waals surface area contributed by atoms with E-state index in [1.807, 2.05) is 32.2 Å². The van der Waals surface area contributed by atoms with E-state index in [0.717, 1.165) is 22.8 Å². The van der Waals surface area contributed by atoms with Gasteiger partial charge in [-0.2, -0.15) is 5.10 Å². The van der Waals surface area contributed by atoms with Gasteiger partial charge in [-0.25, -0.2) is 5.43 Å². The van der Waals surface area contributed by atoms with Crippen molar-refractivity contribution in [1.29, 1.82) is 0 Å². The van der Waals surface area contributed by atoms with Crippen LogP contribution >= 0.6 is 11.8 Å². The number of fused-ring (bicyclic) bond motifs is 3. The summed E-state index contributed by atoms with van der Waals surface area (Å²) in [7, 11) is 0. The molecule has 0 bridgehead atoms. The number of carbonyl (C=O) groups excluding carboxylic acids is 1. The second-order valence-corrected chi connectivity index (χ2v) is 9.57. The molecule has 0 spiro atoms. The van der Waals surface area contributed by atoms with E-state index in [1.165, 1.54) is 28.5 Å². The predicted octanol–water partition coefficient (Wildman–Crippen LogP) is 3.59. The second-order valence-electron chi connectivity index (χ2n) is 8.63. The number of carbonyl (C=O) groups is 1. The molecule has 0 aromatic heterocycles. The molecule has 7 nitrogen and oxygen atoms in total. The minimum atomic E-state index is -0.0299. The van der Waals surface area contributed by atoms with Crippen molar-refractivity contribution in [2.24, 2.45) is 5.10 Å². The van der Waals surface area contributed by atoms with Crippen LogP contribution in [0.4, 0.5) is 5.69 Å². The Bertz CT molecular complexity index is 1080. The fraction of sp³-hybridized carbons (Fsp3) is 0.333. The lowest BCUT2D eigenvalue weighted by Crippen LogP contribution is -2.54. The molecule has 32 heavy (non-hydrogen) atoms. The molecule has 2 aromatic carbocycles. The third-order valence-corrected chi connectivity index (χ3v) is 7.14. The number of nitrogens with one attached hydrogen (secondary N) is 3. The van der Waals surface area contributed by atoms with E-state index in [9.17, 15) is 4.79 Å². The van der Waals surface area contributed by atoms with Gasteiger partial charge in [-0.3, -0.25) is 10.2 Å². The summed E-state index contributed by atoms with van der Waals surface area (Å²) in [5.41, 5.74) is 12.6. The first-order valence-electron chi connectivity index (χ1n) is 10.9. The van der Waals surface area contributed by atoms with Gasteiger partial charge in [0.1, 0.15) is 6.17 Å². The van der Waals surface area contributed by atoms with Crippen LogP contribution in [0.15, 0.2) is 60.0 Å². The van der Waals surface area contributed by atoms with Crippen molar-refractivity contribution in [3.63, 3.8) is 0 Å². The molecule has 0 saturated carbocycles. The van der Waals surface area contributed by atoms with E-state index >= 15 is 0 Å². The molecule has 1 fully saturated rings. The summed E-state index contributed by atoms with van der Waals surface area (Å²) in [5, 5.41) is 10.5. The Hall–Kier alpha value is -2.97. The average Bonchev–Trinajstić information content (AvgIpc) is 3.38. The number of aryl methyl sites for hydroxylation is 3. The van der Waals surface area contributed by atoms with Crippen molar-refractivity contribution in [3.05, 3.63) is 77.1 Å². The SMILES string of the molecule is Cc1ccc(C2CC3C4NN=C(SCC(=O)Nc5ccc(C)cc5C)N4C=CN3N2)cc1. The number of benzene rings is 2. The molecule has 166 valence electrons. The van der Waals surface area contributed by atoms with Gasteiger partial charge < -0.3 is 15.2 Å². The van der Waals surface area contributed by atoms with Crippen LogP contribution in [0.25, 0.3) is 0 Å². The van der Waals surface area contributed by atoms with Crippen LogP contribution in [0.2, 0.25) is 0 Å². The van der Waals surface area contributed by atoms with Crippen LogP contribution in [0.1, 0.15) is 34.7 Å². The molecule has 3 atom stereocenters. The van der Waals surface area contributed by atoms with Gasteiger partial charge in [-0.05, 0) is 44.4 Å². The van der Waals surface area contributed by atoms with E-state index < -0.39 is 0 Å². The number of nitrogens with zero attached hydrogens (tertiary/aromatic N) is 3. The normalized spacial score (nSPS) is 23.5. The molecule has 8 heteroatoms. The highest BCUT2D eigenvalue weighted by Gasteiger charge is 2.44. The smallest absolute Gasteiger partial charge is 0.234 e. The Kier molecular flexibility index (Phi) is 5.57. The van der Waals surface area contributed by atoms with Crippen molar-refractivity contribution in [2.75, 3.05) is 11.1 Å². The first kappa shape index (κ1) is 20.9. The number of hydrogen-bond acceptors (Lipinski definition) is 7. The summed E-state index contributed by atoms with van der Waals surface area (Å²) >= 11 is 1.45. The molecule has 3 aliphatic rings. The summed E-state index contributed by atoms with van der Waals surface area (Å²) in [6.45, 7) is 6.16. The van der Waals surface area contributed by atoms with Crippen molar-refractivity contribution in [3.8, 4) is 0 Å². The molecule has 1 amide bonds. The fourth-order valence-corrected chi connectivity index (χ4v) is 5.21. The molecule has 2 aromatic rings. The van der Waals surface area contributed by atoms with Crippen LogP contribution < -0.4 is 16.2 Å². The zero-order valence-electron chi connectivity index (χ0n) is 18.5. The Balaban J connectivity index is 1.18. The van der Waals surface area contributed by atoms with Gasteiger partial charge in [-0.15, -0.1) is 0 Å². The van der Waals surface area contributed by atoms with Crippen molar-refractivity contribution < 1.29 is 4.79 Å². The molecule has 0 radical (unpaired) electrons. The van der Waals surface area contributed by atoms with Gasteiger partial charge in [0.25, 0.3) is 0 Å². The molecule has 3 heterocycles. The van der Waals surface area contributed by atoms with Gasteiger partial charge in [0.15, 0.2) is 5.17 Å². The lowest BCUT2D eigenvalue weighted by atomic mass is 9.99. The maximum absolute atomic E-state index is 12.5. The topological polar surface area (TPSA) is 72.0 Å². The van der Waals surface area contributed by atoms with Crippen molar-refractivity contribution in [1.82, 2.24) is 20.8 Å². The molecular weight excluding hydrogens is 420 g/mol. The van der Waals surface area contributed by atoms with Crippen LogP contribution in [0.5, 0.6) is 0 Å². The molecule has 0 aliphatic carbocycles. The molecule has 5 rings (SSSR count). The van der Waals surface area contributed by atoms with Gasteiger partial charge in [0.2, 0.25) is 5.91 Å². The van der Waals surface area contributed by atoms with E-state index in [1.54, 1.807) is 0 Å². The maximum atomic E-state index is 12.5. The molecule has 3 unspecified atom stereocenters. The highest BCUT2D eigenvalue weighted by atomic mass is 32.2. The minimum absolute atomic E-state index is 0.0299. The van der Waals surface area contributed by atoms with Crippen LogP contribution in [0, 0.1) is 20.8 Å². The number of thioether (sulfide) groups is 1. The van der Waals surface area contributed by atoms with Gasteiger partial charge in [0.05, 0.1) is 17.8 Å². The number of amidine groups is 1. The van der Waals surface area contributed by atoms with Crippen LogP contribution in [-0.4, -0.2) is 38.9 Å².